The Hall–Kier alpha value is -0.600. The molecule has 1 saturated heterocycles. The first-order valence-corrected chi connectivity index (χ1v) is 5.43. The van der Waals surface area contributed by atoms with Gasteiger partial charge in [-0.05, 0) is 19.8 Å². The van der Waals surface area contributed by atoms with Crippen molar-refractivity contribution in [2.75, 3.05) is 13.2 Å². The molecule has 0 aromatic carbocycles. The Balaban J connectivity index is 1.91. The number of allylic oxidation sites excluding steroid dienone is 4. The second kappa shape index (κ2) is 4.28. The van der Waals surface area contributed by atoms with Crippen LogP contribution in [-0.2, 0) is 9.47 Å². The zero-order valence-corrected chi connectivity index (χ0v) is 8.79. The summed E-state index contributed by atoms with van der Waals surface area (Å²) in [6.45, 7) is 3.59. The molecule has 14 heavy (non-hydrogen) atoms. The first-order chi connectivity index (χ1) is 6.85. The van der Waals surface area contributed by atoms with E-state index in [-0.39, 0.29) is 5.79 Å². The molecule has 0 N–H and O–H groups in total. The lowest BCUT2D eigenvalue weighted by molar-refractivity contribution is -0.171. The van der Waals surface area contributed by atoms with E-state index in [0.717, 1.165) is 38.9 Å². The van der Waals surface area contributed by atoms with Gasteiger partial charge in [0, 0.05) is 12.8 Å². The summed E-state index contributed by atoms with van der Waals surface area (Å²) in [6, 6.07) is 0. The Kier molecular flexibility index (Phi) is 3.04. The van der Waals surface area contributed by atoms with Gasteiger partial charge in [0.2, 0.25) is 0 Å². The third-order valence-corrected chi connectivity index (χ3v) is 2.99. The molecule has 0 bridgehead atoms. The van der Waals surface area contributed by atoms with Crippen LogP contribution in [0.2, 0.25) is 0 Å². The molecule has 78 valence electrons. The molecule has 0 amide bonds. The Labute approximate surface area is 85.6 Å². The van der Waals surface area contributed by atoms with Gasteiger partial charge < -0.3 is 9.47 Å². The van der Waals surface area contributed by atoms with Crippen molar-refractivity contribution in [1.29, 1.82) is 0 Å². The zero-order chi connectivity index (χ0) is 9.86. The summed E-state index contributed by atoms with van der Waals surface area (Å²) in [5.74, 6) is -0.215. The molecule has 0 aromatic rings. The van der Waals surface area contributed by atoms with Gasteiger partial charge in [0.1, 0.15) is 0 Å². The Morgan fingerprint density at radius 2 is 1.79 bits per heavy atom. The zero-order valence-electron chi connectivity index (χ0n) is 8.79. The van der Waals surface area contributed by atoms with E-state index < -0.39 is 0 Å². The molecule has 1 aliphatic carbocycles. The Bertz CT molecular complexity index is 235. The highest BCUT2D eigenvalue weighted by Crippen LogP contribution is 2.37. The summed E-state index contributed by atoms with van der Waals surface area (Å²) in [6.07, 6.45) is 10.7. The predicted molar refractivity (Wildman–Crippen MR) is 56.0 cm³/mol. The van der Waals surface area contributed by atoms with Gasteiger partial charge in [0.25, 0.3) is 0 Å². The van der Waals surface area contributed by atoms with Crippen molar-refractivity contribution in [2.24, 2.45) is 0 Å². The second-order valence-corrected chi connectivity index (χ2v) is 3.96. The van der Waals surface area contributed by atoms with Gasteiger partial charge in [-0.2, -0.15) is 0 Å². The lowest BCUT2D eigenvalue weighted by Crippen LogP contribution is -2.33. The highest BCUT2D eigenvalue weighted by Gasteiger charge is 2.38. The lowest BCUT2D eigenvalue weighted by Gasteiger charge is -2.32. The van der Waals surface area contributed by atoms with Gasteiger partial charge in [-0.1, -0.05) is 23.8 Å². The predicted octanol–water partition coefficient (Wildman–Crippen LogP) is 2.81. The molecular weight excluding hydrogens is 176 g/mol. The standard InChI is InChI=1S/C12H18O2/c1-2-3-4-11-5-7-12(8-6-11)13-9-10-14-12/h2-4H,5-10H2,1H3/b3-2+. The van der Waals surface area contributed by atoms with E-state index in [0.29, 0.717) is 0 Å². The SMILES string of the molecule is C/C=C/C=C1CCC2(CC1)OCCO2. The summed E-state index contributed by atoms with van der Waals surface area (Å²) in [5, 5.41) is 0. The summed E-state index contributed by atoms with van der Waals surface area (Å²) < 4.78 is 11.3. The molecule has 0 unspecified atom stereocenters. The molecule has 2 nitrogen and oxygen atoms in total. The number of rotatable bonds is 1. The van der Waals surface area contributed by atoms with Gasteiger partial charge >= 0.3 is 0 Å². The van der Waals surface area contributed by atoms with E-state index in [1.165, 1.54) is 5.57 Å². The minimum absolute atomic E-state index is 0.215. The molecular formula is C12H18O2. The number of hydrogen-bond acceptors (Lipinski definition) is 2. The van der Waals surface area contributed by atoms with E-state index >= 15 is 0 Å². The lowest BCUT2D eigenvalue weighted by atomic mass is 9.89. The van der Waals surface area contributed by atoms with Crippen LogP contribution in [0.15, 0.2) is 23.8 Å². The topological polar surface area (TPSA) is 18.5 Å². The van der Waals surface area contributed by atoms with Crippen LogP contribution in [0, 0.1) is 0 Å². The molecule has 2 aliphatic rings. The first kappa shape index (κ1) is 9.94. The fourth-order valence-corrected chi connectivity index (χ4v) is 2.14. The van der Waals surface area contributed by atoms with Crippen molar-refractivity contribution in [3.05, 3.63) is 23.8 Å². The van der Waals surface area contributed by atoms with E-state index in [1.807, 2.05) is 6.92 Å². The van der Waals surface area contributed by atoms with Gasteiger partial charge in [0.05, 0.1) is 13.2 Å². The summed E-state index contributed by atoms with van der Waals surface area (Å²) in [7, 11) is 0. The number of ether oxygens (including phenoxy) is 2. The highest BCUT2D eigenvalue weighted by atomic mass is 16.7. The van der Waals surface area contributed by atoms with Crippen LogP contribution in [0.5, 0.6) is 0 Å². The van der Waals surface area contributed by atoms with Gasteiger partial charge in [-0.15, -0.1) is 0 Å². The third kappa shape index (κ3) is 2.07. The average Bonchev–Trinajstić information content (AvgIpc) is 2.66. The molecule has 2 rings (SSSR count). The molecule has 1 heterocycles. The summed E-state index contributed by atoms with van der Waals surface area (Å²) >= 11 is 0. The van der Waals surface area contributed by atoms with Crippen molar-refractivity contribution in [3.8, 4) is 0 Å². The van der Waals surface area contributed by atoms with Crippen molar-refractivity contribution in [1.82, 2.24) is 0 Å². The normalized spacial score (nSPS) is 26.2. The van der Waals surface area contributed by atoms with Crippen LogP contribution < -0.4 is 0 Å². The van der Waals surface area contributed by atoms with Crippen molar-refractivity contribution in [2.45, 2.75) is 38.4 Å². The van der Waals surface area contributed by atoms with Crippen LogP contribution in [0.1, 0.15) is 32.6 Å². The third-order valence-electron chi connectivity index (χ3n) is 2.99. The van der Waals surface area contributed by atoms with Crippen LogP contribution in [0.4, 0.5) is 0 Å². The molecule has 0 radical (unpaired) electrons. The first-order valence-electron chi connectivity index (χ1n) is 5.43. The molecule has 2 heteroatoms. The van der Waals surface area contributed by atoms with Crippen LogP contribution in [-0.4, -0.2) is 19.0 Å². The van der Waals surface area contributed by atoms with Gasteiger partial charge in [0.15, 0.2) is 5.79 Å². The van der Waals surface area contributed by atoms with Crippen molar-refractivity contribution < 1.29 is 9.47 Å². The van der Waals surface area contributed by atoms with E-state index in [4.69, 9.17) is 9.47 Å². The second-order valence-electron chi connectivity index (χ2n) is 3.96. The number of hydrogen-bond donors (Lipinski definition) is 0. The van der Waals surface area contributed by atoms with E-state index in [2.05, 4.69) is 18.2 Å². The van der Waals surface area contributed by atoms with Crippen LogP contribution in [0.25, 0.3) is 0 Å². The Morgan fingerprint density at radius 1 is 1.14 bits per heavy atom. The van der Waals surface area contributed by atoms with E-state index in [1.54, 1.807) is 0 Å². The van der Waals surface area contributed by atoms with Crippen LogP contribution >= 0.6 is 0 Å². The molecule has 1 saturated carbocycles. The van der Waals surface area contributed by atoms with E-state index in [9.17, 15) is 0 Å². The molecule has 0 aromatic heterocycles. The van der Waals surface area contributed by atoms with Gasteiger partial charge in [-0.3, -0.25) is 0 Å². The largest absolute Gasteiger partial charge is 0.348 e. The van der Waals surface area contributed by atoms with Crippen molar-refractivity contribution in [3.63, 3.8) is 0 Å². The highest BCUT2D eigenvalue weighted by molar-refractivity contribution is 5.15. The maximum absolute atomic E-state index is 5.67. The smallest absolute Gasteiger partial charge is 0.169 e. The Morgan fingerprint density at radius 3 is 2.36 bits per heavy atom. The molecule has 1 aliphatic heterocycles. The van der Waals surface area contributed by atoms with Crippen LogP contribution in [0.3, 0.4) is 0 Å². The molecule has 0 atom stereocenters. The fourth-order valence-electron chi connectivity index (χ4n) is 2.14. The molecule has 2 fully saturated rings. The van der Waals surface area contributed by atoms with Gasteiger partial charge in [-0.25, -0.2) is 0 Å². The average molecular weight is 194 g/mol. The van der Waals surface area contributed by atoms with Crippen molar-refractivity contribution >= 4 is 0 Å². The minimum atomic E-state index is -0.215. The maximum atomic E-state index is 5.67. The quantitative estimate of drug-likeness (QED) is 0.639. The summed E-state index contributed by atoms with van der Waals surface area (Å²) in [4.78, 5) is 0. The monoisotopic (exact) mass is 194 g/mol. The minimum Gasteiger partial charge on any atom is -0.348 e. The maximum Gasteiger partial charge on any atom is 0.169 e. The molecule has 1 spiro atoms. The fraction of sp³-hybridized carbons (Fsp3) is 0.667. The summed E-state index contributed by atoms with van der Waals surface area (Å²) in [5.41, 5.74) is 1.52.